The van der Waals surface area contributed by atoms with Crippen LogP contribution in [0, 0.1) is 0 Å². The van der Waals surface area contributed by atoms with Gasteiger partial charge < -0.3 is 9.84 Å². The number of aromatic hydroxyl groups is 1. The molecule has 0 aliphatic carbocycles. The Morgan fingerprint density at radius 1 is 1.31 bits per heavy atom. The number of aromatic nitrogens is 2. The molecule has 2 heterocycles. The highest BCUT2D eigenvalue weighted by Gasteiger charge is 2.28. The first-order valence-electron chi connectivity index (χ1n) is 8.78. The second-order valence-electron chi connectivity index (χ2n) is 6.28. The van der Waals surface area contributed by atoms with Gasteiger partial charge in [-0.05, 0) is 43.2 Å². The van der Waals surface area contributed by atoms with Crippen molar-refractivity contribution in [3.63, 3.8) is 0 Å². The summed E-state index contributed by atoms with van der Waals surface area (Å²) in [4.78, 5) is 44.5. The van der Waals surface area contributed by atoms with E-state index in [4.69, 9.17) is 16.3 Å². The largest absolute Gasteiger partial charge is 0.494 e. The molecule has 0 radical (unpaired) electrons. The Balaban J connectivity index is 2.16. The van der Waals surface area contributed by atoms with Gasteiger partial charge in [0.2, 0.25) is 5.88 Å². The molecular formula is C20H18ClN3O5. The number of aliphatic imine (C=N–C) groups is 1. The maximum absolute atomic E-state index is 12.5. The van der Waals surface area contributed by atoms with E-state index in [2.05, 4.69) is 9.98 Å². The lowest BCUT2D eigenvalue weighted by Crippen LogP contribution is -2.23. The van der Waals surface area contributed by atoms with Crippen molar-refractivity contribution >= 4 is 29.4 Å². The average molecular weight is 416 g/mol. The number of nitrogens with zero attached hydrogens (tertiary/aromatic N) is 1. The van der Waals surface area contributed by atoms with E-state index in [9.17, 15) is 19.5 Å². The third-order valence-electron chi connectivity index (χ3n) is 4.25. The van der Waals surface area contributed by atoms with Gasteiger partial charge >= 0.3 is 11.7 Å². The van der Waals surface area contributed by atoms with Crippen LogP contribution >= 0.6 is 11.6 Å². The lowest BCUT2D eigenvalue weighted by Gasteiger charge is -2.09. The predicted octanol–water partition coefficient (Wildman–Crippen LogP) is 2.34. The number of carbonyl (C=O) groups excluding carboxylic acids is 1. The van der Waals surface area contributed by atoms with E-state index >= 15 is 0 Å². The van der Waals surface area contributed by atoms with Crippen LogP contribution in [0.3, 0.4) is 0 Å². The number of nitrogens with one attached hydrogen (secondary N) is 2. The standard InChI is InChI=1S/C20H18ClN3O5/c1-3-29-19(27)16-10(2)22-15(9-14-17(25)23-20(28)24-18(14)26)13(16)8-11-5-4-6-12(21)7-11/h4-7,9H,3,8H2,1-2H3,(H3,23,24,25,26,28). The predicted molar refractivity (Wildman–Crippen MR) is 109 cm³/mol. The van der Waals surface area contributed by atoms with Crippen LogP contribution in [0.2, 0.25) is 5.02 Å². The van der Waals surface area contributed by atoms with Gasteiger partial charge in [-0.15, -0.1) is 0 Å². The minimum absolute atomic E-state index is 0.176. The first kappa shape index (κ1) is 20.3. The third-order valence-corrected chi connectivity index (χ3v) is 4.49. The molecule has 0 amide bonds. The molecule has 1 aliphatic rings. The normalized spacial score (nSPS) is 15.0. The van der Waals surface area contributed by atoms with Crippen LogP contribution in [0.25, 0.3) is 6.08 Å². The Kier molecular flexibility index (Phi) is 5.84. The summed E-state index contributed by atoms with van der Waals surface area (Å²) in [6, 6.07) is 7.12. The van der Waals surface area contributed by atoms with Gasteiger partial charge in [0.25, 0.3) is 5.56 Å². The van der Waals surface area contributed by atoms with Crippen molar-refractivity contribution in [2.75, 3.05) is 6.61 Å². The van der Waals surface area contributed by atoms with E-state index in [0.29, 0.717) is 34.0 Å². The van der Waals surface area contributed by atoms with Gasteiger partial charge in [-0.2, -0.15) is 0 Å². The molecule has 1 aliphatic heterocycles. The minimum Gasteiger partial charge on any atom is -0.494 e. The Hall–Kier alpha value is -3.39. The van der Waals surface area contributed by atoms with Gasteiger partial charge in [0.05, 0.1) is 23.6 Å². The molecule has 0 fully saturated rings. The van der Waals surface area contributed by atoms with Crippen molar-refractivity contribution in [1.29, 1.82) is 0 Å². The topological polar surface area (TPSA) is 125 Å². The van der Waals surface area contributed by atoms with Crippen molar-refractivity contribution in [1.82, 2.24) is 9.97 Å². The quantitative estimate of drug-likeness (QED) is 0.646. The number of rotatable bonds is 5. The number of carbonyl (C=O) groups is 1. The molecule has 2 aromatic rings. The zero-order chi connectivity index (χ0) is 21.1. The molecule has 29 heavy (non-hydrogen) atoms. The van der Waals surface area contributed by atoms with Crippen molar-refractivity contribution in [3.8, 4) is 5.88 Å². The minimum atomic E-state index is -0.831. The third kappa shape index (κ3) is 4.38. The molecule has 1 aromatic heterocycles. The van der Waals surface area contributed by atoms with E-state index < -0.39 is 23.1 Å². The molecule has 0 saturated carbocycles. The molecule has 150 valence electrons. The van der Waals surface area contributed by atoms with Gasteiger partial charge in [0, 0.05) is 11.4 Å². The maximum atomic E-state index is 12.5. The van der Waals surface area contributed by atoms with E-state index in [1.54, 1.807) is 32.0 Å². The highest BCUT2D eigenvalue weighted by molar-refractivity contribution is 6.30. The zero-order valence-corrected chi connectivity index (χ0v) is 16.5. The average Bonchev–Trinajstić information content (AvgIpc) is 2.93. The van der Waals surface area contributed by atoms with Gasteiger partial charge in [0.1, 0.15) is 5.56 Å². The summed E-state index contributed by atoms with van der Waals surface area (Å²) in [7, 11) is 0. The summed E-state index contributed by atoms with van der Waals surface area (Å²) in [6.07, 6.45) is 1.61. The maximum Gasteiger partial charge on any atom is 0.340 e. The fourth-order valence-corrected chi connectivity index (χ4v) is 3.24. The van der Waals surface area contributed by atoms with Crippen LogP contribution in [-0.4, -0.2) is 33.4 Å². The number of halogens is 1. The fourth-order valence-electron chi connectivity index (χ4n) is 3.03. The number of esters is 1. The molecule has 0 spiro atoms. The van der Waals surface area contributed by atoms with Crippen molar-refractivity contribution in [2.45, 2.75) is 20.3 Å². The fraction of sp³-hybridized carbons (Fsp3) is 0.200. The zero-order valence-electron chi connectivity index (χ0n) is 15.7. The molecule has 3 rings (SSSR count). The van der Waals surface area contributed by atoms with E-state index in [-0.39, 0.29) is 12.2 Å². The van der Waals surface area contributed by atoms with E-state index in [1.807, 2.05) is 11.1 Å². The summed E-state index contributed by atoms with van der Waals surface area (Å²) < 4.78 is 5.15. The number of H-pyrrole nitrogens is 2. The number of hydrogen-bond donors (Lipinski definition) is 3. The molecule has 0 bridgehead atoms. The molecule has 3 N–H and O–H groups in total. The van der Waals surface area contributed by atoms with Crippen LogP contribution in [0.1, 0.15) is 25.0 Å². The van der Waals surface area contributed by atoms with Crippen molar-refractivity contribution in [3.05, 3.63) is 78.1 Å². The molecule has 0 unspecified atom stereocenters. The van der Waals surface area contributed by atoms with E-state index in [1.165, 1.54) is 6.08 Å². The van der Waals surface area contributed by atoms with Crippen LogP contribution in [-0.2, 0) is 16.0 Å². The van der Waals surface area contributed by atoms with Crippen LogP contribution in [0.15, 0.2) is 55.7 Å². The second kappa shape index (κ2) is 8.32. The monoisotopic (exact) mass is 415 g/mol. The molecular weight excluding hydrogens is 398 g/mol. The molecule has 9 heteroatoms. The van der Waals surface area contributed by atoms with E-state index in [0.717, 1.165) is 5.56 Å². The summed E-state index contributed by atoms with van der Waals surface area (Å²) in [5.41, 5.74) is 0.576. The first-order chi connectivity index (χ1) is 13.8. The summed E-state index contributed by atoms with van der Waals surface area (Å²) in [6.45, 7) is 3.55. The van der Waals surface area contributed by atoms with Gasteiger partial charge in [0.15, 0.2) is 0 Å². The number of ether oxygens (including phenoxy) is 1. The first-order valence-corrected chi connectivity index (χ1v) is 9.16. The summed E-state index contributed by atoms with van der Waals surface area (Å²) >= 11 is 6.07. The molecule has 0 saturated heterocycles. The van der Waals surface area contributed by atoms with Crippen LogP contribution in [0.4, 0.5) is 0 Å². The van der Waals surface area contributed by atoms with Gasteiger partial charge in [-0.1, -0.05) is 23.7 Å². The molecule has 1 aromatic carbocycles. The number of allylic oxidation sites excluding steroid dienone is 1. The van der Waals surface area contributed by atoms with Gasteiger partial charge in [-0.25, -0.2) is 9.59 Å². The Morgan fingerprint density at radius 2 is 2.07 bits per heavy atom. The summed E-state index contributed by atoms with van der Waals surface area (Å²) in [5, 5.41) is 10.5. The second-order valence-corrected chi connectivity index (χ2v) is 6.71. The highest BCUT2D eigenvalue weighted by atomic mass is 35.5. The van der Waals surface area contributed by atoms with Gasteiger partial charge in [-0.3, -0.25) is 19.8 Å². The molecule has 8 nitrogen and oxygen atoms in total. The lowest BCUT2D eigenvalue weighted by molar-refractivity contribution is -0.137. The Morgan fingerprint density at radius 3 is 2.72 bits per heavy atom. The smallest absolute Gasteiger partial charge is 0.340 e. The lowest BCUT2D eigenvalue weighted by atomic mass is 9.97. The number of aromatic amines is 2. The summed E-state index contributed by atoms with van der Waals surface area (Å²) in [5.74, 6) is -1.13. The number of benzene rings is 1. The highest BCUT2D eigenvalue weighted by Crippen LogP contribution is 2.32. The van der Waals surface area contributed by atoms with Crippen molar-refractivity contribution < 1.29 is 14.6 Å². The SMILES string of the molecule is CCOC(=O)C1=C(Cc2cccc(Cl)c2)C(=Cc2c(O)[nH]c(=O)[nH]c2=O)N=C1C. The molecule has 0 atom stereocenters. The van der Waals surface area contributed by atoms with Crippen LogP contribution in [0.5, 0.6) is 5.88 Å². The van der Waals surface area contributed by atoms with Crippen molar-refractivity contribution in [2.24, 2.45) is 4.99 Å². The number of hydrogen-bond acceptors (Lipinski definition) is 6. The van der Waals surface area contributed by atoms with Crippen LogP contribution < -0.4 is 11.2 Å². The Labute approximate surface area is 170 Å². The Bertz CT molecular complexity index is 1190.